The summed E-state index contributed by atoms with van der Waals surface area (Å²) in [4.78, 5) is 16.7. The average Bonchev–Trinajstić information content (AvgIpc) is 3.33. The van der Waals surface area contributed by atoms with Gasteiger partial charge in [0.05, 0.1) is 16.7 Å². The molecule has 32 heavy (non-hydrogen) atoms. The van der Waals surface area contributed by atoms with Crippen molar-refractivity contribution in [3.05, 3.63) is 72.8 Å². The van der Waals surface area contributed by atoms with Crippen molar-refractivity contribution in [3.8, 4) is 22.5 Å². The first-order valence-electron chi connectivity index (χ1n) is 10.2. The molecule has 0 aliphatic heterocycles. The van der Waals surface area contributed by atoms with E-state index in [1.165, 1.54) is 12.3 Å². The van der Waals surface area contributed by atoms with E-state index in [0.717, 1.165) is 32.9 Å². The number of carbonyl (C=O) groups excluding carboxylic acids is 1. The Bertz CT molecular complexity index is 1480. The zero-order chi connectivity index (χ0) is 22.5. The highest BCUT2D eigenvalue weighted by Crippen LogP contribution is 2.34. The highest BCUT2D eigenvalue weighted by Gasteiger charge is 2.24. The van der Waals surface area contributed by atoms with Gasteiger partial charge in [-0.25, -0.2) is 14.3 Å². The van der Waals surface area contributed by atoms with E-state index in [-0.39, 0.29) is 0 Å². The topological polar surface area (TPSA) is 72.8 Å². The molecular formula is C25H21FN4O2. The molecule has 0 spiro atoms. The van der Waals surface area contributed by atoms with Crippen LogP contribution in [0.4, 0.5) is 9.18 Å². The Morgan fingerprint density at radius 1 is 1.03 bits per heavy atom. The minimum Gasteiger partial charge on any atom is -0.443 e. The Kier molecular flexibility index (Phi) is 4.55. The summed E-state index contributed by atoms with van der Waals surface area (Å²) in [6, 6.07) is 18.4. The molecule has 0 saturated heterocycles. The van der Waals surface area contributed by atoms with Crippen molar-refractivity contribution in [2.24, 2.45) is 0 Å². The fraction of sp³-hybridized carbons (Fsp3) is 0.160. The lowest BCUT2D eigenvalue weighted by Gasteiger charge is -2.20. The smallest absolute Gasteiger partial charge is 0.419 e. The third-order valence-electron chi connectivity index (χ3n) is 5.15. The lowest BCUT2D eigenvalue weighted by Crippen LogP contribution is -2.27. The van der Waals surface area contributed by atoms with Crippen LogP contribution in [-0.4, -0.2) is 31.4 Å². The molecule has 3 heterocycles. The molecule has 0 amide bonds. The Morgan fingerprint density at radius 2 is 1.81 bits per heavy atom. The van der Waals surface area contributed by atoms with Crippen molar-refractivity contribution in [2.75, 3.05) is 0 Å². The van der Waals surface area contributed by atoms with Gasteiger partial charge in [0.1, 0.15) is 11.3 Å². The van der Waals surface area contributed by atoms with Gasteiger partial charge in [0.25, 0.3) is 0 Å². The van der Waals surface area contributed by atoms with Crippen molar-refractivity contribution in [3.63, 3.8) is 0 Å². The van der Waals surface area contributed by atoms with Crippen LogP contribution in [0, 0.1) is 5.95 Å². The number of hydrogen-bond donors (Lipinski definition) is 1. The van der Waals surface area contributed by atoms with Gasteiger partial charge in [0.2, 0.25) is 5.95 Å². The molecule has 1 N–H and O–H groups in total. The second kappa shape index (κ2) is 7.30. The van der Waals surface area contributed by atoms with Crippen LogP contribution in [0.2, 0.25) is 0 Å². The van der Waals surface area contributed by atoms with Crippen LogP contribution in [0.5, 0.6) is 0 Å². The third-order valence-corrected chi connectivity index (χ3v) is 5.15. The molecule has 5 rings (SSSR count). The van der Waals surface area contributed by atoms with Crippen molar-refractivity contribution < 1.29 is 13.9 Å². The molecule has 0 aliphatic rings. The van der Waals surface area contributed by atoms with E-state index < -0.39 is 17.6 Å². The normalized spacial score (nSPS) is 11.9. The summed E-state index contributed by atoms with van der Waals surface area (Å²) in [6.45, 7) is 5.51. The largest absolute Gasteiger partial charge is 0.443 e. The summed E-state index contributed by atoms with van der Waals surface area (Å²) in [5.41, 5.74) is 3.71. The monoisotopic (exact) mass is 428 g/mol. The lowest BCUT2D eigenvalue weighted by atomic mass is 10.0. The summed E-state index contributed by atoms with van der Waals surface area (Å²) in [5, 5.41) is 9.31. The van der Waals surface area contributed by atoms with Crippen molar-refractivity contribution in [1.29, 1.82) is 0 Å². The van der Waals surface area contributed by atoms with E-state index in [4.69, 9.17) is 4.74 Å². The summed E-state index contributed by atoms with van der Waals surface area (Å²) >= 11 is 0. The number of aromatic nitrogens is 4. The van der Waals surface area contributed by atoms with Crippen LogP contribution in [0.1, 0.15) is 20.8 Å². The van der Waals surface area contributed by atoms with Crippen molar-refractivity contribution in [1.82, 2.24) is 19.7 Å². The van der Waals surface area contributed by atoms with E-state index in [0.29, 0.717) is 11.4 Å². The van der Waals surface area contributed by atoms with E-state index in [2.05, 4.69) is 15.2 Å². The number of benzene rings is 2. The molecule has 7 heteroatoms. The predicted octanol–water partition coefficient (Wildman–Crippen LogP) is 6.17. The average molecular weight is 428 g/mol. The molecule has 0 saturated carbocycles. The summed E-state index contributed by atoms with van der Waals surface area (Å²) in [6.07, 6.45) is 0.973. The fourth-order valence-electron chi connectivity index (χ4n) is 3.81. The Balaban J connectivity index is 1.66. The zero-order valence-corrected chi connectivity index (χ0v) is 17.9. The van der Waals surface area contributed by atoms with Crippen LogP contribution in [0.3, 0.4) is 0 Å². The van der Waals surface area contributed by atoms with Crippen molar-refractivity contribution in [2.45, 2.75) is 26.4 Å². The SMILES string of the molecule is CC(C)(C)OC(=O)n1c(-c2n[nH]c3cc(-c4ccnc(F)c4)ccc23)cc2ccccc21. The molecule has 6 nitrogen and oxygen atoms in total. The Hall–Kier alpha value is -4.00. The van der Waals surface area contributed by atoms with E-state index in [1.807, 2.05) is 69.3 Å². The number of nitrogens with one attached hydrogen (secondary N) is 1. The molecule has 0 atom stereocenters. The molecule has 0 fully saturated rings. The lowest BCUT2D eigenvalue weighted by molar-refractivity contribution is 0.0547. The van der Waals surface area contributed by atoms with Gasteiger partial charge < -0.3 is 4.74 Å². The molecule has 160 valence electrons. The standard InChI is InChI=1S/C25H21FN4O2/c1-25(2,3)32-24(31)30-20-7-5-4-6-17(20)13-21(30)23-18-9-8-15(12-19(18)28-29-23)16-10-11-27-22(26)14-16/h4-14H,1-3H3,(H,28,29). The molecule has 0 aliphatic carbocycles. The number of halogens is 1. The number of fused-ring (bicyclic) bond motifs is 2. The van der Waals surface area contributed by atoms with Gasteiger partial charge in [-0.1, -0.05) is 24.3 Å². The van der Waals surface area contributed by atoms with Crippen LogP contribution in [0.15, 0.2) is 66.9 Å². The summed E-state index contributed by atoms with van der Waals surface area (Å²) in [5.74, 6) is -0.533. The zero-order valence-electron chi connectivity index (χ0n) is 17.9. The van der Waals surface area contributed by atoms with Crippen LogP contribution < -0.4 is 0 Å². The maximum Gasteiger partial charge on any atom is 0.419 e. The predicted molar refractivity (Wildman–Crippen MR) is 122 cm³/mol. The van der Waals surface area contributed by atoms with Gasteiger partial charge in [-0.15, -0.1) is 0 Å². The molecule has 0 radical (unpaired) electrons. The summed E-state index contributed by atoms with van der Waals surface area (Å²) < 4.78 is 20.8. The maximum absolute atomic E-state index is 13.6. The van der Waals surface area contributed by atoms with Gasteiger partial charge >= 0.3 is 6.09 Å². The minimum absolute atomic E-state index is 0.464. The highest BCUT2D eigenvalue weighted by molar-refractivity contribution is 6.01. The first kappa shape index (κ1) is 19.9. The number of aromatic amines is 1. The van der Waals surface area contributed by atoms with Gasteiger partial charge in [-0.2, -0.15) is 9.49 Å². The number of ether oxygens (including phenoxy) is 1. The number of rotatable bonds is 2. The third kappa shape index (κ3) is 3.51. The molecule has 2 aromatic carbocycles. The second-order valence-corrected chi connectivity index (χ2v) is 8.60. The number of hydrogen-bond acceptors (Lipinski definition) is 4. The maximum atomic E-state index is 13.6. The highest BCUT2D eigenvalue weighted by atomic mass is 19.1. The van der Waals surface area contributed by atoms with E-state index in [9.17, 15) is 9.18 Å². The van der Waals surface area contributed by atoms with Gasteiger partial charge in [-0.05, 0) is 62.2 Å². The molecule has 0 bridgehead atoms. The quantitative estimate of drug-likeness (QED) is 0.341. The summed E-state index contributed by atoms with van der Waals surface area (Å²) in [7, 11) is 0. The van der Waals surface area contributed by atoms with Gasteiger partial charge in [0, 0.05) is 23.0 Å². The number of pyridine rings is 1. The minimum atomic E-state index is -0.637. The van der Waals surface area contributed by atoms with Crippen LogP contribution in [0.25, 0.3) is 44.3 Å². The van der Waals surface area contributed by atoms with Gasteiger partial charge in [-0.3, -0.25) is 5.10 Å². The Morgan fingerprint density at radius 3 is 2.59 bits per heavy atom. The molecule has 0 unspecified atom stereocenters. The van der Waals surface area contributed by atoms with Crippen LogP contribution in [-0.2, 0) is 4.74 Å². The number of para-hydroxylation sites is 1. The molecule has 5 aromatic rings. The van der Waals surface area contributed by atoms with E-state index >= 15 is 0 Å². The van der Waals surface area contributed by atoms with Crippen LogP contribution >= 0.6 is 0 Å². The number of carbonyl (C=O) groups is 1. The first-order chi connectivity index (χ1) is 15.3. The number of nitrogens with zero attached hydrogens (tertiary/aromatic N) is 3. The fourth-order valence-corrected chi connectivity index (χ4v) is 3.81. The van der Waals surface area contributed by atoms with Gasteiger partial charge in [0.15, 0.2) is 0 Å². The van der Waals surface area contributed by atoms with Crippen molar-refractivity contribution >= 4 is 27.9 Å². The Labute approximate surface area is 183 Å². The number of H-pyrrole nitrogens is 1. The van der Waals surface area contributed by atoms with E-state index in [1.54, 1.807) is 10.6 Å². The first-order valence-corrected chi connectivity index (χ1v) is 10.2. The molecular weight excluding hydrogens is 407 g/mol. The second-order valence-electron chi connectivity index (χ2n) is 8.60. The molecule has 3 aromatic heterocycles.